The van der Waals surface area contributed by atoms with Crippen LogP contribution in [-0.2, 0) is 4.74 Å². The maximum absolute atomic E-state index is 5.58. The van der Waals surface area contributed by atoms with E-state index in [4.69, 9.17) is 10.5 Å². The molecule has 0 aromatic carbocycles. The molecule has 0 aromatic rings. The Hall–Kier alpha value is -0.120. The molecule has 0 spiro atoms. The van der Waals surface area contributed by atoms with Crippen molar-refractivity contribution in [2.24, 2.45) is 11.7 Å². The first-order valence-corrected chi connectivity index (χ1v) is 4.76. The fourth-order valence-electron chi connectivity index (χ4n) is 1.51. The summed E-state index contributed by atoms with van der Waals surface area (Å²) >= 11 is 0. The van der Waals surface area contributed by atoms with Crippen LogP contribution in [0, 0.1) is 5.92 Å². The SMILES string of the molecule is CC(CN)CN1CCOCC1C. The minimum absolute atomic E-state index is 0.563. The summed E-state index contributed by atoms with van der Waals surface area (Å²) in [5.74, 6) is 0.602. The first-order valence-electron chi connectivity index (χ1n) is 4.76. The fourth-order valence-corrected chi connectivity index (χ4v) is 1.51. The molecule has 0 amide bonds. The highest BCUT2D eigenvalue weighted by Crippen LogP contribution is 2.08. The summed E-state index contributed by atoms with van der Waals surface area (Å²) in [6, 6.07) is 0.563. The topological polar surface area (TPSA) is 38.5 Å². The number of hydrogen-bond donors (Lipinski definition) is 1. The van der Waals surface area contributed by atoms with Crippen molar-refractivity contribution in [3.05, 3.63) is 0 Å². The van der Waals surface area contributed by atoms with Gasteiger partial charge >= 0.3 is 0 Å². The molecule has 1 aliphatic heterocycles. The third-order valence-electron chi connectivity index (χ3n) is 2.45. The average molecular weight is 172 g/mol. The second-order valence-corrected chi connectivity index (χ2v) is 3.76. The number of hydrogen-bond acceptors (Lipinski definition) is 3. The molecule has 2 N–H and O–H groups in total. The lowest BCUT2D eigenvalue weighted by molar-refractivity contribution is -0.00567. The van der Waals surface area contributed by atoms with E-state index in [1.165, 1.54) is 0 Å². The number of rotatable bonds is 3. The van der Waals surface area contributed by atoms with Gasteiger partial charge < -0.3 is 10.5 Å². The van der Waals surface area contributed by atoms with E-state index in [0.29, 0.717) is 12.0 Å². The molecule has 0 bridgehead atoms. The van der Waals surface area contributed by atoms with Crippen molar-refractivity contribution in [3.8, 4) is 0 Å². The molecule has 1 aliphatic rings. The van der Waals surface area contributed by atoms with E-state index in [-0.39, 0.29) is 0 Å². The van der Waals surface area contributed by atoms with Crippen molar-refractivity contribution in [1.82, 2.24) is 4.90 Å². The second kappa shape index (κ2) is 4.80. The van der Waals surface area contributed by atoms with Crippen molar-refractivity contribution in [2.75, 3.05) is 32.8 Å². The van der Waals surface area contributed by atoms with Gasteiger partial charge in [0.1, 0.15) is 0 Å². The van der Waals surface area contributed by atoms with Gasteiger partial charge in [-0.2, -0.15) is 0 Å². The van der Waals surface area contributed by atoms with E-state index in [1.54, 1.807) is 0 Å². The molecule has 1 heterocycles. The minimum atomic E-state index is 0.563. The maximum atomic E-state index is 5.58. The number of morpholine rings is 1. The highest BCUT2D eigenvalue weighted by atomic mass is 16.5. The predicted molar refractivity (Wildman–Crippen MR) is 50.1 cm³/mol. The molecule has 12 heavy (non-hydrogen) atoms. The maximum Gasteiger partial charge on any atom is 0.0619 e. The van der Waals surface area contributed by atoms with Gasteiger partial charge in [0.15, 0.2) is 0 Å². The van der Waals surface area contributed by atoms with Gasteiger partial charge in [-0.15, -0.1) is 0 Å². The van der Waals surface area contributed by atoms with Gasteiger partial charge in [0.05, 0.1) is 13.2 Å². The van der Waals surface area contributed by atoms with Crippen LogP contribution in [0.3, 0.4) is 0 Å². The molecule has 2 atom stereocenters. The fraction of sp³-hybridized carbons (Fsp3) is 1.00. The number of nitrogens with two attached hydrogens (primary N) is 1. The van der Waals surface area contributed by atoms with E-state index in [1.807, 2.05) is 0 Å². The van der Waals surface area contributed by atoms with Crippen LogP contribution in [0.1, 0.15) is 13.8 Å². The molecule has 0 saturated carbocycles. The molecule has 0 aromatic heterocycles. The Labute approximate surface area is 74.9 Å². The Bertz CT molecular complexity index is 130. The third kappa shape index (κ3) is 2.73. The van der Waals surface area contributed by atoms with Crippen LogP contribution in [0.15, 0.2) is 0 Å². The van der Waals surface area contributed by atoms with Gasteiger partial charge in [0, 0.05) is 19.1 Å². The van der Waals surface area contributed by atoms with Gasteiger partial charge in [-0.05, 0) is 19.4 Å². The molecule has 1 saturated heterocycles. The summed E-state index contributed by atoms with van der Waals surface area (Å²) in [7, 11) is 0. The van der Waals surface area contributed by atoms with Crippen molar-refractivity contribution >= 4 is 0 Å². The van der Waals surface area contributed by atoms with E-state index in [2.05, 4.69) is 18.7 Å². The van der Waals surface area contributed by atoms with Crippen molar-refractivity contribution in [1.29, 1.82) is 0 Å². The molecule has 0 aliphatic carbocycles. The van der Waals surface area contributed by atoms with E-state index >= 15 is 0 Å². The molecule has 0 radical (unpaired) electrons. The Morgan fingerprint density at radius 3 is 3.00 bits per heavy atom. The molecular weight excluding hydrogens is 152 g/mol. The first kappa shape index (κ1) is 9.96. The van der Waals surface area contributed by atoms with Gasteiger partial charge in [0.25, 0.3) is 0 Å². The van der Waals surface area contributed by atoms with Crippen LogP contribution in [0.5, 0.6) is 0 Å². The van der Waals surface area contributed by atoms with Gasteiger partial charge in [-0.25, -0.2) is 0 Å². The van der Waals surface area contributed by atoms with Crippen molar-refractivity contribution < 1.29 is 4.74 Å². The van der Waals surface area contributed by atoms with Crippen LogP contribution in [-0.4, -0.2) is 43.8 Å². The van der Waals surface area contributed by atoms with Crippen molar-refractivity contribution in [3.63, 3.8) is 0 Å². The molecule has 72 valence electrons. The lowest BCUT2D eigenvalue weighted by Crippen LogP contribution is -2.46. The molecule has 1 fully saturated rings. The highest BCUT2D eigenvalue weighted by Gasteiger charge is 2.19. The Morgan fingerprint density at radius 2 is 2.42 bits per heavy atom. The van der Waals surface area contributed by atoms with Crippen molar-refractivity contribution in [2.45, 2.75) is 19.9 Å². The number of nitrogens with zero attached hydrogens (tertiary/aromatic N) is 1. The van der Waals surface area contributed by atoms with Crippen LogP contribution < -0.4 is 5.73 Å². The molecule has 1 rings (SSSR count). The third-order valence-corrected chi connectivity index (χ3v) is 2.45. The number of ether oxygens (including phenoxy) is 1. The zero-order chi connectivity index (χ0) is 8.97. The summed E-state index contributed by atoms with van der Waals surface area (Å²) in [6.45, 7) is 9.11. The largest absolute Gasteiger partial charge is 0.379 e. The second-order valence-electron chi connectivity index (χ2n) is 3.76. The molecule has 3 nitrogen and oxygen atoms in total. The molecular formula is C9H20N2O. The lowest BCUT2D eigenvalue weighted by Gasteiger charge is -2.34. The average Bonchev–Trinajstić information content (AvgIpc) is 2.09. The normalized spacial score (nSPS) is 28.8. The Balaban J connectivity index is 2.28. The van der Waals surface area contributed by atoms with Crippen LogP contribution >= 0.6 is 0 Å². The first-order chi connectivity index (χ1) is 5.74. The Kier molecular flexibility index (Phi) is 3.98. The van der Waals surface area contributed by atoms with Gasteiger partial charge in [0.2, 0.25) is 0 Å². The zero-order valence-electron chi connectivity index (χ0n) is 8.12. The summed E-state index contributed by atoms with van der Waals surface area (Å²) in [4.78, 5) is 2.46. The monoisotopic (exact) mass is 172 g/mol. The van der Waals surface area contributed by atoms with Crippen LogP contribution in [0.2, 0.25) is 0 Å². The van der Waals surface area contributed by atoms with E-state index < -0.39 is 0 Å². The molecule has 2 unspecified atom stereocenters. The van der Waals surface area contributed by atoms with E-state index in [0.717, 1.165) is 32.8 Å². The molecule has 3 heteroatoms. The smallest absolute Gasteiger partial charge is 0.0619 e. The van der Waals surface area contributed by atoms with Crippen LogP contribution in [0.4, 0.5) is 0 Å². The lowest BCUT2D eigenvalue weighted by atomic mass is 10.1. The summed E-state index contributed by atoms with van der Waals surface area (Å²) in [5.41, 5.74) is 5.58. The van der Waals surface area contributed by atoms with Crippen LogP contribution in [0.25, 0.3) is 0 Å². The highest BCUT2D eigenvalue weighted by molar-refractivity contribution is 4.72. The van der Waals surface area contributed by atoms with E-state index in [9.17, 15) is 0 Å². The zero-order valence-corrected chi connectivity index (χ0v) is 8.12. The summed E-state index contributed by atoms with van der Waals surface area (Å²) in [6.07, 6.45) is 0. The summed E-state index contributed by atoms with van der Waals surface area (Å²) < 4.78 is 5.35. The summed E-state index contributed by atoms with van der Waals surface area (Å²) in [5, 5.41) is 0. The van der Waals surface area contributed by atoms with Gasteiger partial charge in [-0.1, -0.05) is 6.92 Å². The Morgan fingerprint density at radius 1 is 1.67 bits per heavy atom. The quantitative estimate of drug-likeness (QED) is 0.665. The minimum Gasteiger partial charge on any atom is -0.379 e. The van der Waals surface area contributed by atoms with Gasteiger partial charge in [-0.3, -0.25) is 4.90 Å². The standard InChI is InChI=1S/C9H20N2O/c1-8(5-10)6-11-3-4-12-7-9(11)2/h8-9H,3-7,10H2,1-2H3. The predicted octanol–water partition coefficient (Wildman–Crippen LogP) is 0.302.